The van der Waals surface area contributed by atoms with Crippen LogP contribution in [0.15, 0.2) is 40.4 Å². The lowest BCUT2D eigenvalue weighted by Gasteiger charge is -2.10. The van der Waals surface area contributed by atoms with Gasteiger partial charge in [-0.3, -0.25) is 0 Å². The highest BCUT2D eigenvalue weighted by atomic mass is 32.2. The van der Waals surface area contributed by atoms with Crippen LogP contribution in [0.4, 0.5) is 13.2 Å². The summed E-state index contributed by atoms with van der Waals surface area (Å²) in [4.78, 5) is 19.2. The van der Waals surface area contributed by atoms with Crippen LogP contribution in [0.25, 0.3) is 33.6 Å². The molecule has 4 aromatic rings. The highest BCUT2D eigenvalue weighted by Crippen LogP contribution is 2.35. The van der Waals surface area contributed by atoms with Crippen LogP contribution in [0.2, 0.25) is 0 Å². The molecule has 0 aliphatic heterocycles. The van der Waals surface area contributed by atoms with E-state index in [0.717, 1.165) is 32.7 Å². The molecule has 4 heterocycles. The molecule has 0 aliphatic rings. The van der Waals surface area contributed by atoms with Crippen LogP contribution < -0.4 is 0 Å². The zero-order valence-electron chi connectivity index (χ0n) is 16.5. The number of aryl methyl sites for hydroxylation is 1. The predicted molar refractivity (Wildman–Crippen MR) is 115 cm³/mol. The van der Waals surface area contributed by atoms with E-state index in [2.05, 4.69) is 27.9 Å². The minimum atomic E-state index is -4.52. The van der Waals surface area contributed by atoms with Crippen LogP contribution in [0.1, 0.15) is 19.5 Å². The Morgan fingerprint density at radius 2 is 1.73 bits per heavy atom. The summed E-state index contributed by atoms with van der Waals surface area (Å²) in [6.45, 7) is 4.12. The van der Waals surface area contributed by atoms with Gasteiger partial charge >= 0.3 is 6.18 Å². The Balaban J connectivity index is 1.90. The average Bonchev–Trinajstić information content (AvgIpc) is 3.03. The molecule has 0 fully saturated rings. The molecule has 0 bridgehead atoms. The Labute approximate surface area is 179 Å². The third-order valence-electron chi connectivity index (χ3n) is 4.49. The third-order valence-corrected chi connectivity index (χ3v) is 6.24. The maximum Gasteiger partial charge on any atom is 0.433 e. The van der Waals surface area contributed by atoms with Gasteiger partial charge in [0.25, 0.3) is 0 Å². The summed E-state index contributed by atoms with van der Waals surface area (Å²) >= 11 is 3.32. The van der Waals surface area contributed by atoms with Crippen molar-refractivity contribution in [2.75, 3.05) is 11.5 Å². The first kappa shape index (κ1) is 20.9. The number of hydrogen-bond donors (Lipinski definition) is 0. The average molecular weight is 450 g/mol. The van der Waals surface area contributed by atoms with Crippen molar-refractivity contribution in [3.8, 4) is 11.5 Å². The quantitative estimate of drug-likeness (QED) is 0.358. The molecular formula is C20H18F3N5S2. The second kappa shape index (κ2) is 8.07. The Hall–Kier alpha value is -2.33. The Morgan fingerprint density at radius 3 is 2.43 bits per heavy atom. The van der Waals surface area contributed by atoms with E-state index in [1.54, 1.807) is 41.3 Å². The summed E-state index contributed by atoms with van der Waals surface area (Å²) in [6, 6.07) is 5.05. The van der Waals surface area contributed by atoms with Gasteiger partial charge in [0.15, 0.2) is 11.5 Å². The molecule has 0 spiro atoms. The van der Waals surface area contributed by atoms with Crippen molar-refractivity contribution in [3.05, 3.63) is 36.3 Å². The maximum atomic E-state index is 13.0. The number of rotatable bonds is 5. The van der Waals surface area contributed by atoms with Crippen LogP contribution in [-0.2, 0) is 13.2 Å². The molecule has 0 radical (unpaired) electrons. The van der Waals surface area contributed by atoms with Crippen LogP contribution in [0.3, 0.4) is 0 Å². The van der Waals surface area contributed by atoms with Gasteiger partial charge in [0, 0.05) is 28.4 Å². The number of nitrogens with zero attached hydrogens (tertiary/aromatic N) is 5. The van der Waals surface area contributed by atoms with Gasteiger partial charge in [0.05, 0.1) is 17.2 Å². The van der Waals surface area contributed by atoms with Crippen molar-refractivity contribution in [3.63, 3.8) is 0 Å². The minimum absolute atomic E-state index is 0.229. The number of imidazole rings is 1. The van der Waals surface area contributed by atoms with Crippen molar-refractivity contribution < 1.29 is 13.2 Å². The van der Waals surface area contributed by atoms with Crippen molar-refractivity contribution in [2.24, 2.45) is 7.05 Å². The second-order valence-electron chi connectivity index (χ2n) is 6.47. The zero-order chi connectivity index (χ0) is 21.5. The van der Waals surface area contributed by atoms with E-state index in [9.17, 15) is 13.2 Å². The molecular weight excluding hydrogens is 431 g/mol. The molecule has 0 saturated carbocycles. The number of alkyl halides is 3. The molecule has 10 heteroatoms. The zero-order valence-corrected chi connectivity index (χ0v) is 18.1. The summed E-state index contributed by atoms with van der Waals surface area (Å²) in [7, 11) is 1.75. The van der Waals surface area contributed by atoms with Gasteiger partial charge in [-0.05, 0) is 29.7 Å². The molecule has 0 amide bonds. The molecule has 4 aromatic heterocycles. The fourth-order valence-corrected chi connectivity index (χ4v) is 4.62. The standard InChI is InChI=1S/C20H18F3N5S2/c1-4-29-12-6-11-7-15(30-5-2)17(27-18(11)25-9-12)19-26-13-8-16(20(21,22)23)24-10-14(13)28(19)3/h6-10H,4-5H2,1-3H3. The number of pyridine rings is 3. The smallest absolute Gasteiger partial charge is 0.325 e. The molecule has 156 valence electrons. The molecule has 4 rings (SSSR count). The molecule has 30 heavy (non-hydrogen) atoms. The van der Waals surface area contributed by atoms with Gasteiger partial charge in [0.1, 0.15) is 11.4 Å². The molecule has 5 nitrogen and oxygen atoms in total. The molecule has 0 unspecified atom stereocenters. The van der Waals surface area contributed by atoms with Crippen molar-refractivity contribution in [1.29, 1.82) is 0 Å². The van der Waals surface area contributed by atoms with E-state index < -0.39 is 11.9 Å². The number of halogens is 3. The molecule has 0 aliphatic carbocycles. The first-order valence-electron chi connectivity index (χ1n) is 9.28. The van der Waals surface area contributed by atoms with Crippen LogP contribution in [0.5, 0.6) is 0 Å². The lowest BCUT2D eigenvalue weighted by Crippen LogP contribution is -2.07. The van der Waals surface area contributed by atoms with E-state index in [-0.39, 0.29) is 5.52 Å². The Kier molecular flexibility index (Phi) is 5.63. The highest BCUT2D eigenvalue weighted by molar-refractivity contribution is 7.99. The van der Waals surface area contributed by atoms with Crippen molar-refractivity contribution in [2.45, 2.75) is 29.8 Å². The van der Waals surface area contributed by atoms with E-state index in [0.29, 0.717) is 22.7 Å². The fourth-order valence-electron chi connectivity index (χ4n) is 3.15. The Morgan fingerprint density at radius 1 is 0.967 bits per heavy atom. The lowest BCUT2D eigenvalue weighted by atomic mass is 10.2. The lowest BCUT2D eigenvalue weighted by molar-refractivity contribution is -0.141. The van der Waals surface area contributed by atoms with Crippen LogP contribution in [0, 0.1) is 0 Å². The first-order chi connectivity index (χ1) is 14.3. The monoisotopic (exact) mass is 449 g/mol. The van der Waals surface area contributed by atoms with E-state index in [1.807, 2.05) is 13.0 Å². The van der Waals surface area contributed by atoms with E-state index in [4.69, 9.17) is 4.98 Å². The van der Waals surface area contributed by atoms with Gasteiger partial charge in [-0.15, -0.1) is 23.5 Å². The first-order valence-corrected chi connectivity index (χ1v) is 11.2. The molecule has 0 aromatic carbocycles. The normalized spacial score (nSPS) is 12.2. The fraction of sp³-hybridized carbons (Fsp3) is 0.300. The Bertz CT molecular complexity index is 1240. The SMILES string of the molecule is CCSc1cnc2nc(-c3nc4cc(C(F)(F)F)ncc4n3C)c(SCC)cc2c1. The molecule has 0 saturated heterocycles. The number of hydrogen-bond acceptors (Lipinski definition) is 6. The van der Waals surface area contributed by atoms with Gasteiger partial charge in [-0.25, -0.2) is 19.9 Å². The molecule has 0 N–H and O–H groups in total. The number of fused-ring (bicyclic) bond motifs is 2. The topological polar surface area (TPSA) is 56.5 Å². The van der Waals surface area contributed by atoms with Gasteiger partial charge in [-0.1, -0.05) is 13.8 Å². The summed E-state index contributed by atoms with van der Waals surface area (Å²) in [5.74, 6) is 2.25. The molecule has 0 atom stereocenters. The second-order valence-corrected chi connectivity index (χ2v) is 9.11. The number of aromatic nitrogens is 5. The van der Waals surface area contributed by atoms with Gasteiger partial charge in [-0.2, -0.15) is 13.2 Å². The minimum Gasteiger partial charge on any atom is -0.325 e. The predicted octanol–water partition coefficient (Wildman–Crippen LogP) is 5.82. The third kappa shape index (κ3) is 3.85. The van der Waals surface area contributed by atoms with Gasteiger partial charge < -0.3 is 4.57 Å². The van der Waals surface area contributed by atoms with Crippen LogP contribution in [-0.4, -0.2) is 36.0 Å². The summed E-state index contributed by atoms with van der Waals surface area (Å²) < 4.78 is 40.9. The van der Waals surface area contributed by atoms with E-state index >= 15 is 0 Å². The van der Waals surface area contributed by atoms with Crippen LogP contribution >= 0.6 is 23.5 Å². The number of thioether (sulfide) groups is 2. The van der Waals surface area contributed by atoms with Gasteiger partial charge in [0.2, 0.25) is 0 Å². The maximum absolute atomic E-state index is 13.0. The van der Waals surface area contributed by atoms with E-state index in [1.165, 1.54) is 6.20 Å². The largest absolute Gasteiger partial charge is 0.433 e. The van der Waals surface area contributed by atoms with Crippen molar-refractivity contribution in [1.82, 2.24) is 24.5 Å². The van der Waals surface area contributed by atoms with Crippen molar-refractivity contribution >= 4 is 45.6 Å². The summed E-state index contributed by atoms with van der Waals surface area (Å²) in [5, 5.41) is 0.924. The highest BCUT2D eigenvalue weighted by Gasteiger charge is 2.33. The summed E-state index contributed by atoms with van der Waals surface area (Å²) in [5.41, 5.74) is 0.954. The summed E-state index contributed by atoms with van der Waals surface area (Å²) in [6.07, 6.45) is -1.53.